The normalized spacial score (nSPS) is 24.3. The maximum atomic E-state index is 13.4. The first-order valence-electron chi connectivity index (χ1n) is 13.8. The van der Waals surface area contributed by atoms with Gasteiger partial charge in [-0.2, -0.15) is 0 Å². The van der Waals surface area contributed by atoms with Crippen LogP contribution in [-0.4, -0.2) is 96.2 Å². The Balaban J connectivity index is 1.58. The molecule has 0 radical (unpaired) electrons. The largest absolute Gasteiger partial charge is 0.481 e. The van der Waals surface area contributed by atoms with Gasteiger partial charge in [-0.15, -0.1) is 0 Å². The molecule has 1 aromatic carbocycles. The maximum Gasteiger partial charge on any atom is 0.308 e. The zero-order valence-electron chi connectivity index (χ0n) is 22.9. The van der Waals surface area contributed by atoms with E-state index in [-0.39, 0.29) is 31.1 Å². The van der Waals surface area contributed by atoms with Gasteiger partial charge in [-0.1, -0.05) is 33.3 Å². The van der Waals surface area contributed by atoms with Crippen LogP contribution in [-0.2, 0) is 14.4 Å². The summed E-state index contributed by atoms with van der Waals surface area (Å²) in [5, 5.41) is 10.4. The summed E-state index contributed by atoms with van der Waals surface area (Å²) in [5.74, 6) is -0.641. The van der Waals surface area contributed by atoms with E-state index in [1.165, 1.54) is 0 Å². The van der Waals surface area contributed by atoms with Crippen LogP contribution in [0.4, 0.5) is 0 Å². The van der Waals surface area contributed by atoms with Crippen LogP contribution in [0.15, 0.2) is 18.2 Å². The first-order chi connectivity index (χ1) is 18.2. The molecule has 0 saturated carbocycles. The smallest absolute Gasteiger partial charge is 0.308 e. The van der Waals surface area contributed by atoms with E-state index in [4.69, 9.17) is 15.2 Å². The van der Waals surface area contributed by atoms with Gasteiger partial charge in [-0.05, 0) is 37.0 Å². The monoisotopic (exact) mass is 530 g/mol. The molecule has 2 saturated heterocycles. The molecule has 38 heavy (non-hydrogen) atoms. The summed E-state index contributed by atoms with van der Waals surface area (Å²) in [6, 6.07) is 5.18. The number of hydrogen-bond donors (Lipinski definition) is 2. The number of ether oxygens (including phenoxy) is 2. The van der Waals surface area contributed by atoms with Crippen LogP contribution in [0, 0.1) is 11.3 Å². The highest BCUT2D eigenvalue weighted by atomic mass is 16.7. The number of rotatable bonds is 12. The fourth-order valence-corrected chi connectivity index (χ4v) is 6.03. The van der Waals surface area contributed by atoms with Gasteiger partial charge in [0.15, 0.2) is 11.5 Å². The van der Waals surface area contributed by atoms with Gasteiger partial charge in [0.1, 0.15) is 0 Å². The third-order valence-electron chi connectivity index (χ3n) is 8.30. The minimum absolute atomic E-state index is 0.0391. The zero-order chi connectivity index (χ0) is 27.4. The van der Waals surface area contributed by atoms with Crippen LogP contribution in [0.5, 0.6) is 11.5 Å². The van der Waals surface area contributed by atoms with Crippen molar-refractivity contribution < 1.29 is 29.0 Å². The Morgan fingerprint density at radius 2 is 1.97 bits per heavy atom. The standard InChI is InChI=1S/C28H42N4O6/c1-4-5-11-30(14-10-29)24(33)17-32-16-20(19-6-7-22-23(15-19)38-18-37-22)25(26(34)35)21(32)8-12-31-13-9-28(2,3)27(31)36/h6-7,15,20-21,25H,4-5,8-14,16-18,29H2,1-3H3,(H,34,35). The zero-order valence-corrected chi connectivity index (χ0v) is 22.9. The number of fused-ring (bicyclic) bond motifs is 1. The highest BCUT2D eigenvalue weighted by Gasteiger charge is 2.48. The molecule has 2 fully saturated rings. The third kappa shape index (κ3) is 5.91. The summed E-state index contributed by atoms with van der Waals surface area (Å²) < 4.78 is 11.0. The van der Waals surface area contributed by atoms with Crippen LogP contribution in [0.1, 0.15) is 57.9 Å². The Labute approximate surface area is 225 Å². The number of likely N-dealkylation sites (tertiary alicyclic amines) is 2. The molecule has 4 rings (SSSR count). The lowest BCUT2D eigenvalue weighted by Crippen LogP contribution is -2.46. The average Bonchev–Trinajstić information content (AvgIpc) is 3.56. The van der Waals surface area contributed by atoms with Crippen molar-refractivity contribution in [3.63, 3.8) is 0 Å². The molecule has 210 valence electrons. The lowest BCUT2D eigenvalue weighted by atomic mass is 9.84. The minimum Gasteiger partial charge on any atom is -0.481 e. The van der Waals surface area contributed by atoms with Crippen LogP contribution in [0.3, 0.4) is 0 Å². The molecular weight excluding hydrogens is 488 g/mol. The lowest BCUT2D eigenvalue weighted by molar-refractivity contribution is -0.144. The molecule has 2 amide bonds. The van der Waals surface area contributed by atoms with Crippen molar-refractivity contribution in [2.45, 2.75) is 58.4 Å². The number of carbonyl (C=O) groups is 3. The molecule has 0 aromatic heterocycles. The summed E-state index contributed by atoms with van der Waals surface area (Å²) in [4.78, 5) is 44.6. The number of carbonyl (C=O) groups excluding carboxylic acids is 2. The second-order valence-electron chi connectivity index (χ2n) is 11.3. The topological polar surface area (TPSA) is 126 Å². The molecule has 0 aliphatic carbocycles. The molecule has 10 nitrogen and oxygen atoms in total. The molecule has 0 bridgehead atoms. The van der Waals surface area contributed by atoms with Gasteiger partial charge in [0, 0.05) is 56.6 Å². The molecule has 3 atom stereocenters. The number of amides is 2. The van der Waals surface area contributed by atoms with E-state index in [2.05, 4.69) is 6.92 Å². The van der Waals surface area contributed by atoms with Crippen molar-refractivity contribution >= 4 is 17.8 Å². The number of aliphatic carboxylic acids is 1. The number of hydrogen-bond acceptors (Lipinski definition) is 7. The second-order valence-corrected chi connectivity index (χ2v) is 11.3. The summed E-state index contributed by atoms with van der Waals surface area (Å²) >= 11 is 0. The fourth-order valence-electron chi connectivity index (χ4n) is 6.03. The summed E-state index contributed by atoms with van der Waals surface area (Å²) in [6.45, 7) is 9.30. The molecule has 3 aliphatic heterocycles. The van der Waals surface area contributed by atoms with Gasteiger partial charge in [0.25, 0.3) is 0 Å². The van der Waals surface area contributed by atoms with E-state index in [1.807, 2.05) is 41.8 Å². The van der Waals surface area contributed by atoms with Crippen molar-refractivity contribution in [1.82, 2.24) is 14.7 Å². The van der Waals surface area contributed by atoms with Crippen LogP contribution < -0.4 is 15.2 Å². The lowest BCUT2D eigenvalue weighted by Gasteiger charge is -2.31. The highest BCUT2D eigenvalue weighted by Crippen LogP contribution is 2.43. The molecular formula is C28H42N4O6. The van der Waals surface area contributed by atoms with E-state index >= 15 is 0 Å². The maximum absolute atomic E-state index is 13.4. The molecule has 3 aliphatic rings. The van der Waals surface area contributed by atoms with Crippen LogP contribution >= 0.6 is 0 Å². The first kappa shape index (κ1) is 28.2. The van der Waals surface area contributed by atoms with Crippen molar-refractivity contribution in [3.05, 3.63) is 23.8 Å². The van der Waals surface area contributed by atoms with E-state index in [9.17, 15) is 19.5 Å². The van der Waals surface area contributed by atoms with E-state index in [1.54, 1.807) is 4.90 Å². The number of carboxylic acids is 1. The Morgan fingerprint density at radius 1 is 1.21 bits per heavy atom. The van der Waals surface area contributed by atoms with E-state index in [0.717, 1.165) is 24.8 Å². The van der Waals surface area contributed by atoms with Gasteiger partial charge in [0.2, 0.25) is 18.6 Å². The Kier molecular flexibility index (Phi) is 8.82. The molecule has 0 spiro atoms. The van der Waals surface area contributed by atoms with E-state index < -0.39 is 23.3 Å². The molecule has 3 heterocycles. The number of benzene rings is 1. The van der Waals surface area contributed by atoms with Crippen molar-refractivity contribution in [3.8, 4) is 11.5 Å². The van der Waals surface area contributed by atoms with Crippen LogP contribution in [0.25, 0.3) is 0 Å². The van der Waals surface area contributed by atoms with Gasteiger partial charge in [0.05, 0.1) is 12.5 Å². The van der Waals surface area contributed by atoms with Crippen molar-refractivity contribution in [2.24, 2.45) is 17.1 Å². The Bertz CT molecular complexity index is 1030. The highest BCUT2D eigenvalue weighted by molar-refractivity contribution is 5.84. The summed E-state index contributed by atoms with van der Waals surface area (Å²) in [7, 11) is 0. The van der Waals surface area contributed by atoms with Crippen molar-refractivity contribution in [2.75, 3.05) is 52.6 Å². The molecule has 3 N–H and O–H groups in total. The average molecular weight is 531 g/mol. The number of nitrogens with two attached hydrogens (primary N) is 1. The SMILES string of the molecule is CCCCN(CCN)C(=O)CN1CC(c2ccc3c(c2)OCO3)C(C(=O)O)C1CCN1CCC(C)(C)C1=O. The Hall–Kier alpha value is -2.85. The van der Waals surface area contributed by atoms with Gasteiger partial charge in [-0.3, -0.25) is 19.3 Å². The van der Waals surface area contributed by atoms with Crippen LogP contribution in [0.2, 0.25) is 0 Å². The van der Waals surface area contributed by atoms with Gasteiger partial charge < -0.3 is 30.1 Å². The second kappa shape index (κ2) is 11.9. The number of carboxylic acid groups (broad SMARTS) is 1. The molecule has 1 aromatic rings. The summed E-state index contributed by atoms with van der Waals surface area (Å²) in [6.07, 6.45) is 3.12. The predicted octanol–water partition coefficient (Wildman–Crippen LogP) is 2.12. The molecule has 3 unspecified atom stereocenters. The number of nitrogens with zero attached hydrogens (tertiary/aromatic N) is 3. The van der Waals surface area contributed by atoms with E-state index in [0.29, 0.717) is 57.2 Å². The Morgan fingerprint density at radius 3 is 2.63 bits per heavy atom. The fraction of sp³-hybridized carbons (Fsp3) is 0.679. The third-order valence-corrected chi connectivity index (χ3v) is 8.30. The first-order valence-corrected chi connectivity index (χ1v) is 13.8. The summed E-state index contributed by atoms with van der Waals surface area (Å²) in [5.41, 5.74) is 6.24. The van der Waals surface area contributed by atoms with Crippen molar-refractivity contribution in [1.29, 1.82) is 0 Å². The minimum atomic E-state index is -0.898. The number of unbranched alkanes of at least 4 members (excludes halogenated alkanes) is 1. The molecule has 10 heteroatoms. The van der Waals surface area contributed by atoms with Gasteiger partial charge >= 0.3 is 5.97 Å². The van der Waals surface area contributed by atoms with Gasteiger partial charge in [-0.25, -0.2) is 0 Å². The quantitative estimate of drug-likeness (QED) is 0.421. The predicted molar refractivity (Wildman–Crippen MR) is 142 cm³/mol.